The van der Waals surface area contributed by atoms with E-state index in [2.05, 4.69) is 5.32 Å². The minimum atomic E-state index is -0.258. The van der Waals surface area contributed by atoms with Crippen molar-refractivity contribution in [3.63, 3.8) is 0 Å². The van der Waals surface area contributed by atoms with Gasteiger partial charge in [0.15, 0.2) is 18.1 Å². The number of carbonyl (C=O) groups excluding carboxylic acids is 2. The molecule has 0 atom stereocenters. The summed E-state index contributed by atoms with van der Waals surface area (Å²) in [4.78, 5) is 27.7. The number of benzene rings is 3. The van der Waals surface area contributed by atoms with Crippen molar-refractivity contribution in [3.05, 3.63) is 93.9 Å². The van der Waals surface area contributed by atoms with Crippen LogP contribution in [0.4, 0.5) is 5.69 Å². The molecule has 0 aromatic heterocycles. The summed E-state index contributed by atoms with van der Waals surface area (Å²) in [6, 6.07) is 21.0. The van der Waals surface area contributed by atoms with E-state index >= 15 is 0 Å². The molecule has 2 amide bonds. The summed E-state index contributed by atoms with van der Waals surface area (Å²) in [5.41, 5.74) is 4.56. The average Bonchev–Trinajstić information content (AvgIpc) is 3.14. The Bertz CT molecular complexity index is 1340. The molecule has 1 fully saturated rings. The van der Waals surface area contributed by atoms with E-state index < -0.39 is 0 Å². The lowest BCUT2D eigenvalue weighted by molar-refractivity contribution is -0.122. The summed E-state index contributed by atoms with van der Waals surface area (Å²) in [5.74, 6) is 0.564. The van der Waals surface area contributed by atoms with Crippen molar-refractivity contribution >= 4 is 51.9 Å². The molecular formula is C29H28N2O4S2. The Kier molecular flexibility index (Phi) is 8.63. The minimum absolute atomic E-state index is 0.125. The summed E-state index contributed by atoms with van der Waals surface area (Å²) in [7, 11) is 0. The van der Waals surface area contributed by atoms with Crippen molar-refractivity contribution in [3.8, 4) is 11.5 Å². The first-order chi connectivity index (χ1) is 17.9. The smallest absolute Gasteiger partial charge is 0.266 e. The minimum Gasteiger partial charge on any atom is -0.490 e. The predicted molar refractivity (Wildman–Crippen MR) is 153 cm³/mol. The van der Waals surface area contributed by atoms with Crippen LogP contribution < -0.4 is 14.8 Å². The summed E-state index contributed by atoms with van der Waals surface area (Å²) in [6.45, 7) is 6.47. The number of thiocarbonyl (C=S) groups is 1. The fourth-order valence-corrected chi connectivity index (χ4v) is 5.14. The molecule has 4 rings (SSSR count). The number of nitrogens with one attached hydrogen (secondary N) is 1. The van der Waals surface area contributed by atoms with Crippen LogP contribution in [0.5, 0.6) is 11.5 Å². The first-order valence-electron chi connectivity index (χ1n) is 11.9. The molecule has 0 spiro atoms. The van der Waals surface area contributed by atoms with Gasteiger partial charge in [-0.15, -0.1) is 0 Å². The van der Waals surface area contributed by atoms with Gasteiger partial charge in [0.1, 0.15) is 4.32 Å². The van der Waals surface area contributed by atoms with Gasteiger partial charge in [0, 0.05) is 5.69 Å². The highest BCUT2D eigenvalue weighted by Crippen LogP contribution is 2.35. The molecule has 6 nitrogen and oxygen atoms in total. The van der Waals surface area contributed by atoms with E-state index in [9.17, 15) is 9.59 Å². The van der Waals surface area contributed by atoms with Gasteiger partial charge in [0.2, 0.25) is 0 Å². The number of ether oxygens (including phenoxy) is 2. The highest BCUT2D eigenvalue weighted by molar-refractivity contribution is 8.26. The van der Waals surface area contributed by atoms with Crippen LogP contribution in [0.3, 0.4) is 0 Å². The molecule has 0 unspecified atom stereocenters. The molecular weight excluding hydrogens is 504 g/mol. The Morgan fingerprint density at radius 1 is 1.00 bits per heavy atom. The van der Waals surface area contributed by atoms with Gasteiger partial charge in [-0.3, -0.25) is 14.5 Å². The van der Waals surface area contributed by atoms with E-state index in [0.717, 1.165) is 27.9 Å². The Hall–Kier alpha value is -3.62. The monoisotopic (exact) mass is 532 g/mol. The highest BCUT2D eigenvalue weighted by atomic mass is 32.2. The van der Waals surface area contributed by atoms with Gasteiger partial charge >= 0.3 is 0 Å². The van der Waals surface area contributed by atoms with Crippen molar-refractivity contribution in [1.29, 1.82) is 0 Å². The molecule has 190 valence electrons. The zero-order chi connectivity index (χ0) is 26.4. The van der Waals surface area contributed by atoms with E-state index in [0.29, 0.717) is 33.9 Å². The number of rotatable bonds is 9. The van der Waals surface area contributed by atoms with Crippen LogP contribution in [0.1, 0.15) is 29.2 Å². The zero-order valence-corrected chi connectivity index (χ0v) is 22.6. The lowest BCUT2D eigenvalue weighted by Gasteiger charge is -2.15. The van der Waals surface area contributed by atoms with Gasteiger partial charge in [-0.05, 0) is 61.2 Å². The molecule has 1 aliphatic rings. The number of thioether (sulfide) groups is 1. The molecule has 3 aromatic rings. The normalized spacial score (nSPS) is 14.2. The number of aryl methyl sites for hydroxylation is 2. The van der Waals surface area contributed by atoms with Crippen LogP contribution in [0.25, 0.3) is 6.08 Å². The van der Waals surface area contributed by atoms with Gasteiger partial charge < -0.3 is 14.8 Å². The fraction of sp³-hybridized carbons (Fsp3) is 0.207. The lowest BCUT2D eigenvalue weighted by Crippen LogP contribution is -2.27. The van der Waals surface area contributed by atoms with Crippen LogP contribution in [0, 0.1) is 13.8 Å². The SMILES string of the molecule is CCOc1cc(/C=C2\SC(=S)N(Cc3ccccc3)C2=O)ccc1OCC(=O)Nc1c(C)cccc1C. The second-order valence-corrected chi connectivity index (χ2v) is 10.2. The maximum Gasteiger partial charge on any atom is 0.266 e. The van der Waals surface area contributed by atoms with E-state index in [1.807, 2.05) is 75.4 Å². The van der Waals surface area contributed by atoms with Crippen molar-refractivity contribution in [1.82, 2.24) is 4.90 Å². The molecule has 0 saturated carbocycles. The zero-order valence-electron chi connectivity index (χ0n) is 20.9. The predicted octanol–water partition coefficient (Wildman–Crippen LogP) is 6.12. The topological polar surface area (TPSA) is 67.9 Å². The number of anilines is 1. The number of para-hydroxylation sites is 1. The first kappa shape index (κ1) is 26.4. The summed E-state index contributed by atoms with van der Waals surface area (Å²) >= 11 is 6.74. The third-order valence-electron chi connectivity index (χ3n) is 5.73. The van der Waals surface area contributed by atoms with E-state index in [4.69, 9.17) is 21.7 Å². The van der Waals surface area contributed by atoms with E-state index in [1.165, 1.54) is 11.8 Å². The molecule has 0 aliphatic carbocycles. The highest BCUT2D eigenvalue weighted by Gasteiger charge is 2.32. The number of hydrogen-bond donors (Lipinski definition) is 1. The molecule has 1 aliphatic heterocycles. The second-order valence-electron chi connectivity index (χ2n) is 8.50. The standard InChI is InChI=1S/C29H28N2O4S2/c1-4-34-24-15-22(16-25-28(33)31(29(36)37-25)17-21-11-6-5-7-12-21)13-14-23(24)35-18-26(32)30-27-19(2)9-8-10-20(27)3/h5-16H,4,17-18H2,1-3H3,(H,30,32)/b25-16-. The summed E-state index contributed by atoms with van der Waals surface area (Å²) in [5, 5.41) is 2.92. The third-order valence-corrected chi connectivity index (χ3v) is 7.10. The van der Waals surface area contributed by atoms with Gasteiger partial charge in [-0.2, -0.15) is 0 Å². The summed E-state index contributed by atoms with van der Waals surface area (Å²) in [6.07, 6.45) is 1.80. The van der Waals surface area contributed by atoms with Crippen LogP contribution in [-0.2, 0) is 16.1 Å². The molecule has 3 aromatic carbocycles. The second kappa shape index (κ2) is 12.1. The molecule has 8 heteroatoms. The van der Waals surface area contributed by atoms with Crippen LogP contribution in [-0.4, -0.2) is 34.2 Å². The number of nitrogens with zero attached hydrogens (tertiary/aromatic N) is 1. The number of hydrogen-bond acceptors (Lipinski definition) is 6. The number of amides is 2. The van der Waals surface area contributed by atoms with Crippen LogP contribution >= 0.6 is 24.0 Å². The number of carbonyl (C=O) groups is 2. The molecule has 1 N–H and O–H groups in total. The van der Waals surface area contributed by atoms with Gasteiger partial charge in [-0.1, -0.05) is 78.6 Å². The van der Waals surface area contributed by atoms with E-state index in [1.54, 1.807) is 23.1 Å². The Balaban J connectivity index is 1.45. The van der Waals surface area contributed by atoms with Crippen molar-refractivity contribution < 1.29 is 19.1 Å². The van der Waals surface area contributed by atoms with Crippen molar-refractivity contribution in [2.75, 3.05) is 18.5 Å². The fourth-order valence-electron chi connectivity index (χ4n) is 3.89. The van der Waals surface area contributed by atoms with Crippen molar-refractivity contribution in [2.45, 2.75) is 27.3 Å². The van der Waals surface area contributed by atoms with Crippen molar-refractivity contribution in [2.24, 2.45) is 0 Å². The maximum absolute atomic E-state index is 13.0. The quantitative estimate of drug-likeness (QED) is 0.265. The van der Waals surface area contributed by atoms with E-state index in [-0.39, 0.29) is 18.4 Å². The Morgan fingerprint density at radius 3 is 2.43 bits per heavy atom. The molecule has 0 bridgehead atoms. The lowest BCUT2D eigenvalue weighted by atomic mass is 10.1. The molecule has 0 radical (unpaired) electrons. The van der Waals surface area contributed by atoms with Gasteiger partial charge in [0.25, 0.3) is 11.8 Å². The Morgan fingerprint density at radius 2 is 1.73 bits per heavy atom. The summed E-state index contributed by atoms with van der Waals surface area (Å²) < 4.78 is 12.1. The third kappa shape index (κ3) is 6.58. The average molecular weight is 533 g/mol. The molecule has 1 saturated heterocycles. The van der Waals surface area contributed by atoms with Gasteiger partial charge in [0.05, 0.1) is 18.1 Å². The van der Waals surface area contributed by atoms with Crippen LogP contribution in [0.2, 0.25) is 0 Å². The largest absolute Gasteiger partial charge is 0.490 e. The maximum atomic E-state index is 13.0. The molecule has 37 heavy (non-hydrogen) atoms. The Labute approximate surface area is 226 Å². The van der Waals surface area contributed by atoms with Crippen LogP contribution in [0.15, 0.2) is 71.6 Å². The first-order valence-corrected chi connectivity index (χ1v) is 13.1. The molecule has 1 heterocycles. The van der Waals surface area contributed by atoms with Gasteiger partial charge in [-0.25, -0.2) is 0 Å².